The van der Waals surface area contributed by atoms with Gasteiger partial charge in [-0.15, -0.1) is 0 Å². The van der Waals surface area contributed by atoms with Crippen molar-refractivity contribution in [1.29, 1.82) is 0 Å². The molecule has 3 nitrogen and oxygen atoms in total. The van der Waals surface area contributed by atoms with E-state index in [0.29, 0.717) is 0 Å². The van der Waals surface area contributed by atoms with Crippen LogP contribution in [0.3, 0.4) is 0 Å². The van der Waals surface area contributed by atoms with Crippen molar-refractivity contribution in [3.63, 3.8) is 0 Å². The van der Waals surface area contributed by atoms with Crippen molar-refractivity contribution in [1.82, 2.24) is 4.90 Å². The molecule has 2 aromatic carbocycles. The Hall–Kier alpha value is -2.10. The zero-order chi connectivity index (χ0) is 17.5. The van der Waals surface area contributed by atoms with Gasteiger partial charge in [0.25, 0.3) is 0 Å². The maximum absolute atomic E-state index is 11.4. The van der Waals surface area contributed by atoms with Crippen LogP contribution in [0.5, 0.6) is 0 Å². The van der Waals surface area contributed by atoms with Gasteiger partial charge in [0.2, 0.25) is 0 Å². The number of benzene rings is 2. The van der Waals surface area contributed by atoms with Gasteiger partial charge in [-0.2, -0.15) is 0 Å². The van der Waals surface area contributed by atoms with Gasteiger partial charge in [-0.1, -0.05) is 42.5 Å². The summed E-state index contributed by atoms with van der Waals surface area (Å²) < 4.78 is 5.27. The van der Waals surface area contributed by atoms with Crippen LogP contribution in [0.2, 0.25) is 0 Å². The molecule has 1 N–H and O–H groups in total. The summed E-state index contributed by atoms with van der Waals surface area (Å²) >= 11 is 0. The Morgan fingerprint density at radius 2 is 1.52 bits per heavy atom. The Morgan fingerprint density at radius 1 is 0.840 bits per heavy atom. The number of hydrogen-bond donors (Lipinski definition) is 1. The molecule has 0 atom stereocenters. The molecule has 0 unspecified atom stereocenters. The lowest BCUT2D eigenvalue weighted by Gasteiger charge is -2.48. The summed E-state index contributed by atoms with van der Waals surface area (Å²) in [5.41, 5.74) is 1.57. The molecule has 0 amide bonds. The van der Waals surface area contributed by atoms with Crippen LogP contribution in [-0.4, -0.2) is 24.1 Å². The molecule has 1 fully saturated rings. The van der Waals surface area contributed by atoms with Gasteiger partial charge >= 0.3 is 0 Å². The van der Waals surface area contributed by atoms with E-state index in [1.807, 2.05) is 12.1 Å². The Kier molecular flexibility index (Phi) is 3.94. The van der Waals surface area contributed by atoms with Crippen LogP contribution in [0.25, 0.3) is 10.8 Å². The molecule has 0 spiro atoms. The molecule has 0 bridgehead atoms. The predicted octanol–water partition coefficient (Wildman–Crippen LogP) is 4.65. The first-order valence-corrected chi connectivity index (χ1v) is 8.95. The summed E-state index contributed by atoms with van der Waals surface area (Å²) in [7, 11) is 4.30. The Bertz CT molecular complexity index is 858. The van der Waals surface area contributed by atoms with Gasteiger partial charge in [-0.25, -0.2) is 0 Å². The predicted molar refractivity (Wildman–Crippen MR) is 100 cm³/mol. The Balaban J connectivity index is 1.64. The van der Waals surface area contributed by atoms with Gasteiger partial charge < -0.3 is 9.52 Å². The molecule has 130 valence electrons. The van der Waals surface area contributed by atoms with Crippen LogP contribution in [0.4, 0.5) is 0 Å². The summed E-state index contributed by atoms with van der Waals surface area (Å²) in [6.07, 6.45) is 6.87. The van der Waals surface area contributed by atoms with Gasteiger partial charge in [0, 0.05) is 16.3 Å². The molecule has 4 rings (SSSR count). The van der Waals surface area contributed by atoms with Crippen molar-refractivity contribution < 1.29 is 9.52 Å². The maximum atomic E-state index is 11.4. The van der Waals surface area contributed by atoms with Crippen LogP contribution in [0, 0.1) is 0 Å². The number of aliphatic hydroxyl groups is 1. The summed E-state index contributed by atoms with van der Waals surface area (Å²) in [5, 5.41) is 13.5. The number of hydrogen-bond acceptors (Lipinski definition) is 3. The fraction of sp³-hybridized carbons (Fsp3) is 0.364. The normalized spacial score (nSPS) is 27.0. The van der Waals surface area contributed by atoms with Crippen LogP contribution in [0.1, 0.15) is 36.8 Å². The largest absolute Gasteiger partial charge is 0.471 e. The highest BCUT2D eigenvalue weighted by Crippen LogP contribution is 2.48. The van der Waals surface area contributed by atoms with Gasteiger partial charge in [0.1, 0.15) is 0 Å². The quantitative estimate of drug-likeness (QED) is 0.757. The Labute approximate surface area is 148 Å². The minimum absolute atomic E-state index is 0.00671. The summed E-state index contributed by atoms with van der Waals surface area (Å²) in [5.74, 6) is 0. The van der Waals surface area contributed by atoms with Crippen LogP contribution in [-0.2, 0) is 11.1 Å². The van der Waals surface area contributed by atoms with Gasteiger partial charge in [0.05, 0.1) is 18.1 Å². The van der Waals surface area contributed by atoms with E-state index in [9.17, 15) is 5.11 Å². The minimum Gasteiger partial charge on any atom is -0.471 e. The third kappa shape index (κ3) is 2.68. The molecular weight excluding hydrogens is 310 g/mol. The van der Waals surface area contributed by atoms with E-state index in [4.69, 9.17) is 4.42 Å². The lowest BCUT2D eigenvalue weighted by molar-refractivity contribution is -0.0508. The molecule has 1 heterocycles. The van der Waals surface area contributed by atoms with E-state index in [2.05, 4.69) is 55.4 Å². The van der Waals surface area contributed by atoms with Gasteiger partial charge in [-0.3, -0.25) is 4.90 Å². The van der Waals surface area contributed by atoms with E-state index in [1.165, 1.54) is 5.56 Å². The SMILES string of the molecule is CN(C)C1(c2ccccc2)CCC(O)(c2ccc3cocc3c2)CC1. The number of furan rings is 1. The third-order valence-electron chi connectivity index (χ3n) is 6.09. The molecule has 1 aliphatic carbocycles. The fourth-order valence-corrected chi connectivity index (χ4v) is 4.36. The van der Waals surface area contributed by atoms with Crippen LogP contribution in [0.15, 0.2) is 65.5 Å². The molecule has 3 aromatic rings. The van der Waals surface area contributed by atoms with Gasteiger partial charge in [-0.05, 0) is 57.0 Å². The highest BCUT2D eigenvalue weighted by molar-refractivity contribution is 5.81. The molecule has 0 aliphatic heterocycles. The number of fused-ring (bicyclic) bond motifs is 1. The summed E-state index contributed by atoms with van der Waals surface area (Å²) in [4.78, 5) is 2.32. The standard InChI is InChI=1S/C22H25NO2/c1-23(2)21(19-6-4-3-5-7-19)10-12-22(24,13-11-21)20-9-8-17-15-25-16-18(17)14-20/h3-9,14-16,24H,10-13H2,1-2H3. The van der Waals surface area contributed by atoms with E-state index in [0.717, 1.165) is 42.0 Å². The second kappa shape index (κ2) is 6.01. The first kappa shape index (κ1) is 16.4. The molecule has 1 aliphatic rings. The van der Waals surface area contributed by atoms with Crippen molar-refractivity contribution in [3.05, 3.63) is 72.2 Å². The highest BCUT2D eigenvalue weighted by Gasteiger charge is 2.44. The average Bonchev–Trinajstić information content (AvgIpc) is 3.11. The first-order chi connectivity index (χ1) is 12.0. The lowest BCUT2D eigenvalue weighted by Crippen LogP contribution is -2.48. The molecular formula is C22H25NO2. The van der Waals surface area contributed by atoms with Crippen molar-refractivity contribution >= 4 is 10.8 Å². The monoisotopic (exact) mass is 335 g/mol. The summed E-state index contributed by atoms with van der Waals surface area (Å²) in [6, 6.07) is 16.8. The van der Waals surface area contributed by atoms with Crippen LogP contribution < -0.4 is 0 Å². The molecule has 25 heavy (non-hydrogen) atoms. The maximum Gasteiger partial charge on any atom is 0.0981 e. The smallest absolute Gasteiger partial charge is 0.0981 e. The summed E-state index contributed by atoms with van der Waals surface area (Å²) in [6.45, 7) is 0. The fourth-order valence-electron chi connectivity index (χ4n) is 4.36. The van der Waals surface area contributed by atoms with E-state index in [-0.39, 0.29) is 5.54 Å². The molecule has 1 aromatic heterocycles. The highest BCUT2D eigenvalue weighted by atomic mass is 16.3. The molecule has 0 radical (unpaired) electrons. The van der Waals surface area contributed by atoms with Crippen molar-refractivity contribution in [2.24, 2.45) is 0 Å². The zero-order valence-electron chi connectivity index (χ0n) is 14.9. The van der Waals surface area contributed by atoms with Crippen molar-refractivity contribution in [3.8, 4) is 0 Å². The van der Waals surface area contributed by atoms with E-state index < -0.39 is 5.60 Å². The minimum atomic E-state index is -0.764. The van der Waals surface area contributed by atoms with Crippen LogP contribution >= 0.6 is 0 Å². The van der Waals surface area contributed by atoms with Gasteiger partial charge in [0.15, 0.2) is 0 Å². The first-order valence-electron chi connectivity index (χ1n) is 8.95. The number of rotatable bonds is 3. The second-order valence-corrected chi connectivity index (χ2v) is 7.54. The molecule has 3 heteroatoms. The second-order valence-electron chi connectivity index (χ2n) is 7.54. The van der Waals surface area contributed by atoms with E-state index >= 15 is 0 Å². The Morgan fingerprint density at radius 3 is 2.20 bits per heavy atom. The topological polar surface area (TPSA) is 36.6 Å². The molecule has 1 saturated carbocycles. The zero-order valence-corrected chi connectivity index (χ0v) is 14.9. The van der Waals surface area contributed by atoms with Crippen molar-refractivity contribution in [2.75, 3.05) is 14.1 Å². The average molecular weight is 335 g/mol. The lowest BCUT2D eigenvalue weighted by atomic mass is 9.68. The third-order valence-corrected chi connectivity index (χ3v) is 6.09. The number of nitrogens with zero attached hydrogens (tertiary/aromatic N) is 1. The van der Waals surface area contributed by atoms with E-state index in [1.54, 1.807) is 12.5 Å². The van der Waals surface area contributed by atoms with Crippen molar-refractivity contribution in [2.45, 2.75) is 36.8 Å². The molecule has 0 saturated heterocycles.